The van der Waals surface area contributed by atoms with E-state index in [-0.39, 0.29) is 6.42 Å². The van der Waals surface area contributed by atoms with Gasteiger partial charge in [0.25, 0.3) is 0 Å². The molecule has 2 aliphatic carbocycles. The van der Waals surface area contributed by atoms with E-state index in [4.69, 9.17) is 5.11 Å². The monoisotopic (exact) mass is 260 g/mol. The Morgan fingerprint density at radius 3 is 2.37 bits per heavy atom. The van der Waals surface area contributed by atoms with Crippen LogP contribution >= 0.6 is 0 Å². The number of aryl methyl sites for hydroxylation is 2. The number of hydrogen-bond acceptors (Lipinski definition) is 2. The first kappa shape index (κ1) is 12.2. The Labute approximate surface area is 111 Å². The highest BCUT2D eigenvalue weighted by atomic mass is 16.4. The van der Waals surface area contributed by atoms with E-state index in [0.29, 0.717) is 5.56 Å². The fourth-order valence-corrected chi connectivity index (χ4v) is 3.25. The molecule has 1 aromatic rings. The molecule has 19 heavy (non-hydrogen) atoms. The molecule has 0 bridgehead atoms. The van der Waals surface area contributed by atoms with Crippen molar-refractivity contribution in [3.8, 4) is 0 Å². The summed E-state index contributed by atoms with van der Waals surface area (Å²) in [6.07, 6.45) is 4.51. The fraction of sp³-hybridized carbons (Fsp3) is 0.467. The maximum Gasteiger partial charge on any atom is 0.315 e. The van der Waals surface area contributed by atoms with E-state index < -0.39 is 23.3 Å². The van der Waals surface area contributed by atoms with Crippen LogP contribution in [0.3, 0.4) is 0 Å². The van der Waals surface area contributed by atoms with Gasteiger partial charge in [-0.3, -0.25) is 9.59 Å². The quantitative estimate of drug-likeness (QED) is 0.871. The summed E-state index contributed by atoms with van der Waals surface area (Å²) in [4.78, 5) is 22.6. The standard InChI is InChI=1S/C15H16O4/c16-13(17)12-8-15(12,14(18)19)11-6-5-9-3-1-2-4-10(9)7-11/h5-7,12H,1-4,8H2,(H,16,17)(H,18,19). The van der Waals surface area contributed by atoms with E-state index in [2.05, 4.69) is 0 Å². The molecule has 0 amide bonds. The molecule has 0 aromatic heterocycles. The largest absolute Gasteiger partial charge is 0.481 e. The Bertz CT molecular complexity index is 563. The molecular weight excluding hydrogens is 244 g/mol. The lowest BCUT2D eigenvalue weighted by Crippen LogP contribution is -2.25. The van der Waals surface area contributed by atoms with Gasteiger partial charge in [-0.05, 0) is 48.8 Å². The van der Waals surface area contributed by atoms with E-state index in [0.717, 1.165) is 19.3 Å². The Kier molecular flexibility index (Phi) is 2.62. The molecule has 2 unspecified atom stereocenters. The molecule has 0 heterocycles. The van der Waals surface area contributed by atoms with Gasteiger partial charge in [0.05, 0.1) is 5.92 Å². The van der Waals surface area contributed by atoms with Crippen molar-refractivity contribution in [2.24, 2.45) is 5.92 Å². The molecule has 0 saturated heterocycles. The Morgan fingerprint density at radius 2 is 1.79 bits per heavy atom. The second-order valence-electron chi connectivity index (χ2n) is 5.56. The molecule has 0 radical (unpaired) electrons. The van der Waals surface area contributed by atoms with Crippen LogP contribution < -0.4 is 0 Å². The molecule has 3 rings (SSSR count). The second-order valence-corrected chi connectivity index (χ2v) is 5.56. The van der Waals surface area contributed by atoms with Crippen molar-refractivity contribution in [1.82, 2.24) is 0 Å². The topological polar surface area (TPSA) is 74.6 Å². The van der Waals surface area contributed by atoms with Crippen LogP contribution in [0.15, 0.2) is 18.2 Å². The summed E-state index contributed by atoms with van der Waals surface area (Å²) in [7, 11) is 0. The van der Waals surface area contributed by atoms with Crippen LogP contribution in [0.2, 0.25) is 0 Å². The molecule has 0 spiro atoms. The third-order valence-corrected chi connectivity index (χ3v) is 4.50. The van der Waals surface area contributed by atoms with Crippen LogP contribution in [0, 0.1) is 5.92 Å². The zero-order chi connectivity index (χ0) is 13.6. The lowest BCUT2D eigenvalue weighted by Gasteiger charge is -2.19. The minimum absolute atomic E-state index is 0.205. The van der Waals surface area contributed by atoms with Gasteiger partial charge in [0.1, 0.15) is 5.41 Å². The summed E-state index contributed by atoms with van der Waals surface area (Å²) in [6.45, 7) is 0. The molecule has 2 N–H and O–H groups in total. The number of aliphatic carboxylic acids is 2. The average Bonchev–Trinajstić information content (AvgIpc) is 3.15. The van der Waals surface area contributed by atoms with Gasteiger partial charge in [-0.15, -0.1) is 0 Å². The van der Waals surface area contributed by atoms with Crippen molar-refractivity contribution in [3.05, 3.63) is 34.9 Å². The maximum absolute atomic E-state index is 11.5. The van der Waals surface area contributed by atoms with Gasteiger partial charge >= 0.3 is 11.9 Å². The fourth-order valence-electron chi connectivity index (χ4n) is 3.25. The zero-order valence-corrected chi connectivity index (χ0v) is 10.6. The summed E-state index contributed by atoms with van der Waals surface area (Å²) < 4.78 is 0. The second kappa shape index (κ2) is 4.08. The normalized spacial score (nSPS) is 28.5. The van der Waals surface area contributed by atoms with Crippen molar-refractivity contribution in [3.63, 3.8) is 0 Å². The highest BCUT2D eigenvalue weighted by Crippen LogP contribution is 2.55. The van der Waals surface area contributed by atoms with Crippen LogP contribution in [0.25, 0.3) is 0 Å². The van der Waals surface area contributed by atoms with E-state index in [1.165, 1.54) is 17.5 Å². The van der Waals surface area contributed by atoms with Crippen molar-refractivity contribution in [1.29, 1.82) is 0 Å². The van der Waals surface area contributed by atoms with E-state index >= 15 is 0 Å². The van der Waals surface area contributed by atoms with Gasteiger partial charge < -0.3 is 10.2 Å². The average molecular weight is 260 g/mol. The van der Waals surface area contributed by atoms with Gasteiger partial charge in [-0.2, -0.15) is 0 Å². The van der Waals surface area contributed by atoms with Gasteiger partial charge in [-0.1, -0.05) is 18.2 Å². The maximum atomic E-state index is 11.5. The number of hydrogen-bond donors (Lipinski definition) is 2. The molecule has 0 aliphatic heterocycles. The van der Waals surface area contributed by atoms with Crippen molar-refractivity contribution in [2.45, 2.75) is 37.5 Å². The summed E-state index contributed by atoms with van der Waals surface area (Å²) >= 11 is 0. The molecule has 4 heteroatoms. The summed E-state index contributed by atoms with van der Waals surface area (Å²) in [6, 6.07) is 5.71. The highest BCUT2D eigenvalue weighted by molar-refractivity contribution is 5.94. The first-order chi connectivity index (χ1) is 9.05. The molecular formula is C15H16O4. The molecule has 2 atom stereocenters. The number of rotatable bonds is 3. The number of benzene rings is 1. The third kappa shape index (κ3) is 1.74. The Hall–Kier alpha value is -1.84. The SMILES string of the molecule is O=C(O)C1CC1(C(=O)O)c1ccc2c(c1)CCCC2. The number of carbonyl (C=O) groups is 2. The van der Waals surface area contributed by atoms with Gasteiger partial charge in [0.2, 0.25) is 0 Å². The van der Waals surface area contributed by atoms with E-state index in [1.54, 1.807) is 6.07 Å². The number of fused-ring (bicyclic) bond motifs is 1. The molecule has 1 aromatic carbocycles. The first-order valence-corrected chi connectivity index (χ1v) is 6.64. The zero-order valence-electron chi connectivity index (χ0n) is 10.6. The predicted molar refractivity (Wildman–Crippen MR) is 68.1 cm³/mol. The molecule has 4 nitrogen and oxygen atoms in total. The predicted octanol–water partition coefficient (Wildman–Crippen LogP) is 1.99. The van der Waals surface area contributed by atoms with Crippen LogP contribution in [0.4, 0.5) is 0 Å². The molecule has 1 saturated carbocycles. The number of carboxylic acid groups (broad SMARTS) is 2. The smallest absolute Gasteiger partial charge is 0.315 e. The molecule has 2 aliphatic rings. The van der Waals surface area contributed by atoms with Crippen LogP contribution in [-0.2, 0) is 27.8 Å². The first-order valence-electron chi connectivity index (χ1n) is 6.64. The van der Waals surface area contributed by atoms with Crippen LogP contribution in [0.1, 0.15) is 36.0 Å². The Balaban J connectivity index is 2.01. The number of carboxylic acids is 2. The summed E-state index contributed by atoms with van der Waals surface area (Å²) in [5.41, 5.74) is 1.94. The van der Waals surface area contributed by atoms with Crippen molar-refractivity contribution in [2.75, 3.05) is 0 Å². The van der Waals surface area contributed by atoms with Crippen LogP contribution in [0.5, 0.6) is 0 Å². The molecule has 100 valence electrons. The molecule has 1 fully saturated rings. The van der Waals surface area contributed by atoms with Gasteiger partial charge in [0, 0.05) is 0 Å². The third-order valence-electron chi connectivity index (χ3n) is 4.50. The van der Waals surface area contributed by atoms with Crippen LogP contribution in [-0.4, -0.2) is 22.2 Å². The van der Waals surface area contributed by atoms with Crippen molar-refractivity contribution >= 4 is 11.9 Å². The minimum atomic E-state index is -1.20. The van der Waals surface area contributed by atoms with Crippen molar-refractivity contribution < 1.29 is 19.8 Å². The highest BCUT2D eigenvalue weighted by Gasteiger charge is 2.65. The Morgan fingerprint density at radius 1 is 1.11 bits per heavy atom. The van der Waals surface area contributed by atoms with Gasteiger partial charge in [-0.25, -0.2) is 0 Å². The van der Waals surface area contributed by atoms with E-state index in [1.807, 2.05) is 12.1 Å². The minimum Gasteiger partial charge on any atom is -0.481 e. The lowest BCUT2D eigenvalue weighted by atomic mass is 9.85. The lowest BCUT2D eigenvalue weighted by molar-refractivity contribution is -0.145. The summed E-state index contributed by atoms with van der Waals surface area (Å²) in [5, 5.41) is 18.5. The summed E-state index contributed by atoms with van der Waals surface area (Å²) in [5.74, 6) is -2.82. The van der Waals surface area contributed by atoms with E-state index in [9.17, 15) is 14.7 Å². The van der Waals surface area contributed by atoms with Gasteiger partial charge in [0.15, 0.2) is 0 Å².